The van der Waals surface area contributed by atoms with Crippen molar-refractivity contribution in [3.05, 3.63) is 106 Å². The van der Waals surface area contributed by atoms with E-state index in [1.807, 2.05) is 0 Å². The molecule has 0 heteroatoms. The monoisotopic (exact) mass is 482 g/mol. The lowest BCUT2D eigenvalue weighted by Crippen LogP contribution is -2.29. The Morgan fingerprint density at radius 1 is 0.730 bits per heavy atom. The second-order valence-electron chi connectivity index (χ2n) is 11.7. The summed E-state index contributed by atoms with van der Waals surface area (Å²) < 4.78 is 0. The van der Waals surface area contributed by atoms with Crippen molar-refractivity contribution in [3.63, 3.8) is 0 Å². The number of hydrogen-bond acceptors (Lipinski definition) is 0. The van der Waals surface area contributed by atoms with E-state index in [0.29, 0.717) is 11.8 Å². The standard InChI is InChI=1S/C37H38/c1-5-23(6-2)28-18-29(24(7-3)8-4)22-37(21-28)32-17-16-25-13-11-14-27-19-31-30-15-10-9-12-26(30)20-33(37)35(31)36(32)34(25)27/h9-18,20-21,23-24H,5-8,19,22H2,1-4H3. The Hall–Kier alpha value is -3.12. The molecule has 0 amide bonds. The van der Waals surface area contributed by atoms with Gasteiger partial charge in [-0.3, -0.25) is 0 Å². The van der Waals surface area contributed by atoms with Gasteiger partial charge in [-0.05, 0) is 117 Å². The van der Waals surface area contributed by atoms with E-state index >= 15 is 0 Å². The van der Waals surface area contributed by atoms with Crippen LogP contribution in [0.15, 0.2) is 84.0 Å². The molecule has 0 saturated carbocycles. The first-order valence-electron chi connectivity index (χ1n) is 14.7. The van der Waals surface area contributed by atoms with Crippen molar-refractivity contribution in [2.75, 3.05) is 0 Å². The molecule has 4 aromatic rings. The molecular weight excluding hydrogens is 444 g/mol. The first-order chi connectivity index (χ1) is 18.1. The molecule has 0 aromatic heterocycles. The van der Waals surface area contributed by atoms with Crippen LogP contribution in [0.4, 0.5) is 0 Å². The van der Waals surface area contributed by atoms with Crippen LogP contribution in [-0.2, 0) is 11.8 Å². The average Bonchev–Trinajstić information content (AvgIpc) is 3.19. The van der Waals surface area contributed by atoms with Crippen LogP contribution >= 0.6 is 0 Å². The number of rotatable bonds is 6. The van der Waals surface area contributed by atoms with E-state index < -0.39 is 0 Å². The van der Waals surface area contributed by atoms with Gasteiger partial charge in [0.15, 0.2) is 0 Å². The number of fused-ring (bicyclic) bond motifs is 4. The molecule has 0 radical (unpaired) electrons. The highest BCUT2D eigenvalue weighted by atomic mass is 14.5. The third-order valence-corrected chi connectivity index (χ3v) is 10.1. The molecule has 0 fully saturated rings. The van der Waals surface area contributed by atoms with Crippen LogP contribution in [0.2, 0.25) is 0 Å². The molecule has 1 unspecified atom stereocenters. The molecule has 186 valence electrons. The fourth-order valence-corrected chi connectivity index (χ4v) is 8.19. The van der Waals surface area contributed by atoms with Crippen LogP contribution < -0.4 is 0 Å². The first-order valence-corrected chi connectivity index (χ1v) is 14.7. The Morgan fingerprint density at radius 2 is 1.49 bits per heavy atom. The van der Waals surface area contributed by atoms with Gasteiger partial charge in [0.1, 0.15) is 0 Å². The van der Waals surface area contributed by atoms with Crippen LogP contribution in [0, 0.1) is 11.8 Å². The first kappa shape index (κ1) is 23.0. The molecule has 0 bridgehead atoms. The van der Waals surface area contributed by atoms with Gasteiger partial charge in [-0.25, -0.2) is 0 Å². The summed E-state index contributed by atoms with van der Waals surface area (Å²) in [6.45, 7) is 9.51. The minimum absolute atomic E-state index is 0.0698. The van der Waals surface area contributed by atoms with Gasteiger partial charge in [0.2, 0.25) is 0 Å². The zero-order valence-corrected chi connectivity index (χ0v) is 22.8. The van der Waals surface area contributed by atoms with Crippen molar-refractivity contribution >= 4 is 21.5 Å². The summed E-state index contributed by atoms with van der Waals surface area (Å²) in [6, 6.07) is 23.6. The normalized spacial score (nSPS) is 19.4. The summed E-state index contributed by atoms with van der Waals surface area (Å²) in [4.78, 5) is 0. The second kappa shape index (κ2) is 8.45. The van der Waals surface area contributed by atoms with Gasteiger partial charge in [0, 0.05) is 5.41 Å². The van der Waals surface area contributed by atoms with Gasteiger partial charge in [0.05, 0.1) is 0 Å². The van der Waals surface area contributed by atoms with E-state index in [9.17, 15) is 0 Å². The molecule has 4 aromatic carbocycles. The average molecular weight is 483 g/mol. The van der Waals surface area contributed by atoms with Gasteiger partial charge in [0.25, 0.3) is 0 Å². The fourth-order valence-electron chi connectivity index (χ4n) is 8.19. The van der Waals surface area contributed by atoms with Crippen molar-refractivity contribution in [1.29, 1.82) is 0 Å². The highest BCUT2D eigenvalue weighted by Gasteiger charge is 2.47. The van der Waals surface area contributed by atoms with Crippen molar-refractivity contribution < 1.29 is 0 Å². The number of hydrogen-bond donors (Lipinski definition) is 0. The quantitative estimate of drug-likeness (QED) is 0.226. The van der Waals surface area contributed by atoms with Crippen molar-refractivity contribution in [2.45, 2.75) is 71.6 Å². The molecule has 0 nitrogen and oxygen atoms in total. The minimum Gasteiger partial charge on any atom is -0.0657 e. The van der Waals surface area contributed by atoms with Gasteiger partial charge >= 0.3 is 0 Å². The van der Waals surface area contributed by atoms with Crippen molar-refractivity contribution in [1.82, 2.24) is 0 Å². The van der Waals surface area contributed by atoms with Gasteiger partial charge in [-0.1, -0.05) is 100 Å². The van der Waals surface area contributed by atoms with E-state index in [1.165, 1.54) is 52.8 Å². The second-order valence-corrected chi connectivity index (χ2v) is 11.7. The molecule has 3 aliphatic rings. The summed E-state index contributed by atoms with van der Waals surface area (Å²) in [5.74, 6) is 1.28. The lowest BCUT2D eigenvalue weighted by Gasteiger charge is -2.38. The zero-order chi connectivity index (χ0) is 25.3. The van der Waals surface area contributed by atoms with E-state index in [1.54, 1.807) is 39.0 Å². The lowest BCUT2D eigenvalue weighted by atomic mass is 9.65. The summed E-state index contributed by atoms with van der Waals surface area (Å²) >= 11 is 0. The molecule has 0 aliphatic heterocycles. The largest absolute Gasteiger partial charge is 0.0657 e. The fraction of sp³-hybridized carbons (Fsp3) is 0.351. The van der Waals surface area contributed by atoms with E-state index in [0.717, 1.165) is 12.8 Å². The van der Waals surface area contributed by atoms with E-state index in [2.05, 4.69) is 101 Å². The predicted molar refractivity (Wildman–Crippen MR) is 159 cm³/mol. The van der Waals surface area contributed by atoms with E-state index in [4.69, 9.17) is 0 Å². The van der Waals surface area contributed by atoms with Gasteiger partial charge in [-0.15, -0.1) is 0 Å². The zero-order valence-electron chi connectivity index (χ0n) is 22.8. The molecule has 3 aliphatic carbocycles. The Kier molecular flexibility index (Phi) is 5.26. The Bertz CT molecular complexity index is 1620. The highest BCUT2D eigenvalue weighted by molar-refractivity contribution is 6.11. The molecule has 0 heterocycles. The Labute approximate surface area is 222 Å². The van der Waals surface area contributed by atoms with Crippen LogP contribution in [0.5, 0.6) is 0 Å². The Morgan fingerprint density at radius 3 is 2.27 bits per heavy atom. The van der Waals surface area contributed by atoms with Crippen molar-refractivity contribution in [3.8, 4) is 11.1 Å². The molecular formula is C37H38. The number of allylic oxidation sites excluding steroid dienone is 4. The molecule has 1 spiro atoms. The third-order valence-electron chi connectivity index (χ3n) is 10.1. The maximum Gasteiger partial charge on any atom is 0.0437 e. The maximum absolute atomic E-state index is 2.74. The van der Waals surface area contributed by atoms with Gasteiger partial charge < -0.3 is 0 Å². The summed E-state index contributed by atoms with van der Waals surface area (Å²) in [7, 11) is 0. The maximum atomic E-state index is 2.74. The minimum atomic E-state index is -0.0698. The SMILES string of the molecule is CCC(CC)C1=CC2(CC(C(CC)CC)=C1)c1cc3ccccc3c3c1-c1c2ccc2cccc(c12)C3. The number of benzene rings is 4. The molecule has 37 heavy (non-hydrogen) atoms. The highest BCUT2D eigenvalue weighted by Crippen LogP contribution is 2.61. The van der Waals surface area contributed by atoms with Crippen LogP contribution in [-0.4, -0.2) is 0 Å². The molecule has 0 N–H and O–H groups in total. The molecule has 7 rings (SSSR count). The molecule has 1 atom stereocenters. The topological polar surface area (TPSA) is 0 Å². The summed E-state index contributed by atoms with van der Waals surface area (Å²) in [5, 5.41) is 5.74. The summed E-state index contributed by atoms with van der Waals surface area (Å²) in [5.41, 5.74) is 12.5. The van der Waals surface area contributed by atoms with Crippen LogP contribution in [0.25, 0.3) is 32.7 Å². The van der Waals surface area contributed by atoms with Gasteiger partial charge in [-0.2, -0.15) is 0 Å². The van der Waals surface area contributed by atoms with Crippen LogP contribution in [0.1, 0.15) is 82.1 Å². The predicted octanol–water partition coefficient (Wildman–Crippen LogP) is 10.3. The third kappa shape index (κ3) is 3.08. The van der Waals surface area contributed by atoms with Crippen molar-refractivity contribution in [2.24, 2.45) is 11.8 Å². The molecule has 0 saturated heterocycles. The summed E-state index contributed by atoms with van der Waals surface area (Å²) in [6.07, 6.45) is 12.4. The smallest absolute Gasteiger partial charge is 0.0437 e. The Balaban J connectivity index is 1.62. The van der Waals surface area contributed by atoms with E-state index in [-0.39, 0.29) is 5.41 Å². The lowest BCUT2D eigenvalue weighted by molar-refractivity contribution is 0.490. The van der Waals surface area contributed by atoms with Crippen LogP contribution in [0.3, 0.4) is 0 Å².